The lowest BCUT2D eigenvalue weighted by Crippen LogP contribution is -2.29. The molecule has 2 nitrogen and oxygen atoms in total. The average molecular weight is 114 g/mol. The topological polar surface area (TPSA) is 34.1 Å². The van der Waals surface area contributed by atoms with Crippen molar-refractivity contribution in [2.45, 2.75) is 4.90 Å². The molecule has 0 saturated carbocycles. The summed E-state index contributed by atoms with van der Waals surface area (Å²) in [6.07, 6.45) is 0. The molecule has 0 aliphatic carbocycles. The maximum atomic E-state index is 10.1. The quantitative estimate of drug-likeness (QED) is 0.367. The van der Waals surface area contributed by atoms with E-state index in [1.807, 2.05) is 0 Å². The first-order chi connectivity index (χ1) is 3.22. The molecule has 0 aliphatic heterocycles. The summed E-state index contributed by atoms with van der Waals surface area (Å²) in [5.74, 6) is 0. The van der Waals surface area contributed by atoms with Crippen LogP contribution in [-0.4, -0.2) is 0 Å². The minimum Gasteiger partial charge on any atom is -0.285 e. The summed E-state index contributed by atoms with van der Waals surface area (Å²) in [5.41, 5.74) is -0.909. The largest absolute Gasteiger partial charge is 0.285 e. The van der Waals surface area contributed by atoms with Gasteiger partial charge in [0.25, 0.3) is 0 Å². The van der Waals surface area contributed by atoms with Crippen LogP contribution in [0.3, 0.4) is 0 Å². The molecule has 36 valence electrons. The maximum Gasteiger partial charge on any atom is 0.239 e. The normalized spacial score (nSPS) is 9.86. The molecule has 0 radical (unpaired) electrons. The van der Waals surface area contributed by atoms with Crippen molar-refractivity contribution in [2.24, 2.45) is 0 Å². The van der Waals surface area contributed by atoms with Gasteiger partial charge in [0.1, 0.15) is 0 Å². The van der Waals surface area contributed by atoms with Gasteiger partial charge in [-0.2, -0.15) is 0 Å². The summed E-state index contributed by atoms with van der Waals surface area (Å²) in [6.45, 7) is 0. The Hall–Kier alpha value is -0.570. The first kappa shape index (κ1) is 4.59. The third-order valence-corrected chi connectivity index (χ3v) is 1.06. The van der Waals surface area contributed by atoms with Crippen LogP contribution in [0.15, 0.2) is 20.6 Å². The summed E-state index contributed by atoms with van der Waals surface area (Å²) in [7, 11) is 0. The van der Waals surface area contributed by atoms with Crippen molar-refractivity contribution in [3.63, 3.8) is 0 Å². The summed E-state index contributed by atoms with van der Waals surface area (Å²) >= 11 is 3.63. The molecular weight excluding hydrogens is 112 g/mol. The fourth-order valence-electron chi connectivity index (χ4n) is 0.304. The van der Waals surface area contributed by atoms with E-state index in [1.54, 1.807) is 0 Å². The Morgan fingerprint density at radius 2 is 2.00 bits per heavy atom. The molecule has 0 atom stereocenters. The van der Waals surface area contributed by atoms with Crippen LogP contribution < -0.4 is 10.9 Å². The summed E-state index contributed by atoms with van der Waals surface area (Å²) in [5, 5.41) is 0. The standard InChI is InChI=1S/C4H2O2S/c5-2-1-3(7)4(2)6/h1,7H. The Morgan fingerprint density at radius 3 is 2.00 bits per heavy atom. The van der Waals surface area contributed by atoms with Gasteiger partial charge >= 0.3 is 0 Å². The van der Waals surface area contributed by atoms with Crippen molar-refractivity contribution in [1.82, 2.24) is 0 Å². The van der Waals surface area contributed by atoms with E-state index in [0.29, 0.717) is 0 Å². The molecule has 0 unspecified atom stereocenters. The first-order valence-corrected chi connectivity index (χ1v) is 2.16. The highest BCUT2D eigenvalue weighted by Gasteiger charge is 2.01. The van der Waals surface area contributed by atoms with E-state index in [4.69, 9.17) is 0 Å². The molecule has 3 heteroatoms. The van der Waals surface area contributed by atoms with Crippen LogP contribution in [0.5, 0.6) is 0 Å². The molecule has 0 aromatic heterocycles. The maximum absolute atomic E-state index is 10.1. The zero-order valence-corrected chi connectivity index (χ0v) is 4.24. The number of hydrogen-bond acceptors (Lipinski definition) is 3. The van der Waals surface area contributed by atoms with Gasteiger partial charge in [0.05, 0.1) is 4.90 Å². The minimum absolute atomic E-state index is 0.269. The van der Waals surface area contributed by atoms with Crippen LogP contribution in [0.1, 0.15) is 0 Å². The third-order valence-electron chi connectivity index (χ3n) is 0.724. The SMILES string of the molecule is O=c1cc(S)c1=O. The van der Waals surface area contributed by atoms with Crippen LogP contribution in [-0.2, 0) is 0 Å². The van der Waals surface area contributed by atoms with Gasteiger partial charge in [-0.25, -0.2) is 0 Å². The number of hydrogen-bond donors (Lipinski definition) is 1. The summed E-state index contributed by atoms with van der Waals surface area (Å²) < 4.78 is 0. The fraction of sp³-hybridized carbons (Fsp3) is 0. The van der Waals surface area contributed by atoms with Crippen LogP contribution >= 0.6 is 12.6 Å². The van der Waals surface area contributed by atoms with Crippen molar-refractivity contribution < 1.29 is 0 Å². The average Bonchev–Trinajstić information content (AvgIpc) is 1.68. The van der Waals surface area contributed by atoms with Crippen molar-refractivity contribution in [2.75, 3.05) is 0 Å². The van der Waals surface area contributed by atoms with Gasteiger partial charge in [-0.3, -0.25) is 9.59 Å². The van der Waals surface area contributed by atoms with Crippen molar-refractivity contribution >= 4 is 12.6 Å². The predicted molar refractivity (Wildman–Crippen MR) is 28.6 cm³/mol. The highest BCUT2D eigenvalue weighted by Crippen LogP contribution is 1.90. The molecule has 0 aliphatic rings. The van der Waals surface area contributed by atoms with E-state index in [0.717, 1.165) is 0 Å². The molecule has 0 saturated heterocycles. The van der Waals surface area contributed by atoms with Gasteiger partial charge in [0.15, 0.2) is 0 Å². The van der Waals surface area contributed by atoms with Gasteiger partial charge in [-0.1, -0.05) is 0 Å². The van der Waals surface area contributed by atoms with Crippen molar-refractivity contribution in [3.05, 3.63) is 26.5 Å². The Morgan fingerprint density at radius 1 is 1.43 bits per heavy atom. The monoisotopic (exact) mass is 114 g/mol. The van der Waals surface area contributed by atoms with Crippen LogP contribution in [0, 0.1) is 0 Å². The molecule has 0 N–H and O–H groups in total. The molecule has 1 aromatic carbocycles. The Bertz CT molecular complexity index is 243. The number of rotatable bonds is 0. The molecule has 0 heterocycles. The Balaban J connectivity index is 3.44. The highest BCUT2D eigenvalue weighted by molar-refractivity contribution is 7.80. The van der Waals surface area contributed by atoms with Gasteiger partial charge in [0, 0.05) is 6.07 Å². The third kappa shape index (κ3) is 0.489. The van der Waals surface area contributed by atoms with E-state index in [2.05, 4.69) is 12.6 Å². The second kappa shape index (κ2) is 1.20. The van der Waals surface area contributed by atoms with E-state index in [1.165, 1.54) is 6.07 Å². The smallest absolute Gasteiger partial charge is 0.239 e. The highest BCUT2D eigenvalue weighted by atomic mass is 32.1. The second-order valence-electron chi connectivity index (χ2n) is 1.22. The molecule has 0 amide bonds. The molecule has 1 rings (SSSR count). The minimum atomic E-state index is -0.469. The number of thiol groups is 1. The lowest BCUT2D eigenvalue weighted by Gasteiger charge is -1.83. The summed E-state index contributed by atoms with van der Waals surface area (Å²) in [6, 6.07) is 1.20. The lowest BCUT2D eigenvalue weighted by atomic mass is 10.3. The van der Waals surface area contributed by atoms with Gasteiger partial charge in [-0.15, -0.1) is 12.6 Å². The van der Waals surface area contributed by atoms with E-state index in [9.17, 15) is 9.59 Å². The molecule has 0 spiro atoms. The molecular formula is C4H2O2S. The van der Waals surface area contributed by atoms with Gasteiger partial charge in [0.2, 0.25) is 10.9 Å². The zero-order chi connectivity index (χ0) is 5.44. The predicted octanol–water partition coefficient (Wildman–Crippen LogP) is -0.429. The van der Waals surface area contributed by atoms with Crippen LogP contribution in [0.25, 0.3) is 0 Å². The Labute approximate surface area is 44.9 Å². The van der Waals surface area contributed by atoms with Crippen LogP contribution in [0.2, 0.25) is 0 Å². The molecule has 7 heavy (non-hydrogen) atoms. The Kier molecular flexibility index (Phi) is 0.785. The molecule has 0 fully saturated rings. The van der Waals surface area contributed by atoms with Crippen molar-refractivity contribution in [3.8, 4) is 0 Å². The van der Waals surface area contributed by atoms with E-state index >= 15 is 0 Å². The second-order valence-corrected chi connectivity index (χ2v) is 1.70. The van der Waals surface area contributed by atoms with E-state index in [-0.39, 0.29) is 4.90 Å². The zero-order valence-electron chi connectivity index (χ0n) is 3.34. The van der Waals surface area contributed by atoms with Gasteiger partial charge in [-0.05, 0) is 0 Å². The molecule has 0 bridgehead atoms. The van der Waals surface area contributed by atoms with Crippen molar-refractivity contribution in [1.29, 1.82) is 0 Å². The first-order valence-electron chi connectivity index (χ1n) is 1.71. The van der Waals surface area contributed by atoms with E-state index < -0.39 is 10.9 Å². The summed E-state index contributed by atoms with van der Waals surface area (Å²) in [4.78, 5) is 20.3. The fourth-order valence-corrected chi connectivity index (χ4v) is 0.531. The van der Waals surface area contributed by atoms with Crippen LogP contribution in [0.4, 0.5) is 0 Å². The lowest BCUT2D eigenvalue weighted by molar-refractivity contribution is 1.23. The molecule has 1 aromatic rings. The van der Waals surface area contributed by atoms with Gasteiger partial charge < -0.3 is 0 Å².